The number of carbonyl (C=O) groups excluding carboxylic acids is 1. The number of thiazole rings is 1. The summed E-state index contributed by atoms with van der Waals surface area (Å²) >= 11 is 4.73. The van der Waals surface area contributed by atoms with Gasteiger partial charge in [0.15, 0.2) is 15.6 Å². The lowest BCUT2D eigenvalue weighted by atomic mass is 10.2. The summed E-state index contributed by atoms with van der Waals surface area (Å²) in [5.74, 6) is 0.764. The number of amides is 1. The number of hydrogen-bond acceptors (Lipinski definition) is 6. The number of aromatic nitrogens is 1. The molecule has 0 unspecified atom stereocenters. The Morgan fingerprint density at radius 1 is 1.26 bits per heavy atom. The molecule has 0 saturated carbocycles. The van der Waals surface area contributed by atoms with Crippen LogP contribution in [0, 0.1) is 6.92 Å². The number of furan rings is 1. The summed E-state index contributed by atoms with van der Waals surface area (Å²) in [4.78, 5) is 21.4. The molecule has 0 spiro atoms. The van der Waals surface area contributed by atoms with Gasteiger partial charge in [-0.3, -0.25) is 9.69 Å². The number of methoxy groups -OCH3 is 1. The van der Waals surface area contributed by atoms with E-state index in [9.17, 15) is 4.79 Å². The Morgan fingerprint density at radius 3 is 2.59 bits per heavy atom. The maximum atomic E-state index is 13.0. The molecule has 3 aromatic rings. The van der Waals surface area contributed by atoms with Gasteiger partial charge in [0.25, 0.3) is 5.91 Å². The van der Waals surface area contributed by atoms with Gasteiger partial charge in [-0.25, -0.2) is 4.98 Å². The van der Waals surface area contributed by atoms with Gasteiger partial charge in [-0.15, -0.1) is 12.4 Å². The zero-order chi connectivity index (χ0) is 18.8. The quantitative estimate of drug-likeness (QED) is 0.522. The topological polar surface area (TPSA) is 58.8 Å². The van der Waals surface area contributed by atoms with Crippen LogP contribution in [0.15, 0.2) is 33.4 Å². The SMILES string of the molecule is COc1ccc(C)c2sc(N(CCN(C)C)C(=O)c3ccc(Br)o3)nc12.Cl. The highest BCUT2D eigenvalue weighted by atomic mass is 79.9. The molecule has 9 heteroatoms. The van der Waals surface area contributed by atoms with Gasteiger partial charge in [0.05, 0.1) is 11.8 Å². The molecule has 2 heterocycles. The van der Waals surface area contributed by atoms with Gasteiger partial charge in [0.2, 0.25) is 0 Å². The average molecular weight is 475 g/mol. The van der Waals surface area contributed by atoms with Crippen molar-refractivity contribution in [2.75, 3.05) is 39.2 Å². The Labute approximate surface area is 176 Å². The number of nitrogens with zero attached hydrogens (tertiary/aromatic N) is 3. The molecule has 0 aliphatic heterocycles. The summed E-state index contributed by atoms with van der Waals surface area (Å²) in [7, 11) is 5.56. The maximum absolute atomic E-state index is 13.0. The van der Waals surface area contributed by atoms with E-state index in [1.54, 1.807) is 24.1 Å². The number of fused-ring (bicyclic) bond motifs is 1. The lowest BCUT2D eigenvalue weighted by Gasteiger charge is -2.20. The molecule has 0 fully saturated rings. The smallest absolute Gasteiger partial charge is 0.295 e. The Bertz CT molecular complexity index is 941. The highest BCUT2D eigenvalue weighted by molar-refractivity contribution is 9.10. The van der Waals surface area contributed by atoms with Crippen molar-refractivity contribution in [1.82, 2.24) is 9.88 Å². The first-order valence-corrected chi connectivity index (χ1v) is 9.67. The van der Waals surface area contributed by atoms with E-state index < -0.39 is 0 Å². The largest absolute Gasteiger partial charge is 0.494 e. The zero-order valence-electron chi connectivity index (χ0n) is 15.5. The van der Waals surface area contributed by atoms with Crippen LogP contribution in [-0.4, -0.2) is 50.1 Å². The Hall–Kier alpha value is -1.61. The third kappa shape index (κ3) is 4.63. The molecule has 146 valence electrons. The van der Waals surface area contributed by atoms with Crippen LogP contribution in [0.2, 0.25) is 0 Å². The van der Waals surface area contributed by atoms with Crippen molar-refractivity contribution in [3.63, 3.8) is 0 Å². The van der Waals surface area contributed by atoms with Crippen LogP contribution in [-0.2, 0) is 0 Å². The van der Waals surface area contributed by atoms with Gasteiger partial charge in [0.1, 0.15) is 11.3 Å². The van der Waals surface area contributed by atoms with E-state index >= 15 is 0 Å². The molecular weight excluding hydrogens is 454 g/mol. The standard InChI is InChI=1S/C18H20BrN3O3S.ClH/c1-11-5-6-12(24-4)15-16(11)26-18(20-15)22(10-9-21(2)3)17(23)13-7-8-14(19)25-13;/h5-8H,9-10H2,1-4H3;1H. The minimum absolute atomic E-state index is 0. The summed E-state index contributed by atoms with van der Waals surface area (Å²) < 4.78 is 12.4. The number of aryl methyl sites for hydroxylation is 1. The van der Waals surface area contributed by atoms with Gasteiger partial charge in [-0.1, -0.05) is 17.4 Å². The summed E-state index contributed by atoms with van der Waals surface area (Å²) in [5, 5.41) is 0.631. The Balaban J connectivity index is 0.00000261. The second kappa shape index (κ2) is 9.05. The van der Waals surface area contributed by atoms with Crippen molar-refractivity contribution in [1.29, 1.82) is 0 Å². The van der Waals surface area contributed by atoms with Crippen molar-refractivity contribution >= 4 is 60.9 Å². The molecule has 2 aromatic heterocycles. The predicted molar refractivity (Wildman–Crippen MR) is 115 cm³/mol. The second-order valence-electron chi connectivity index (χ2n) is 6.12. The van der Waals surface area contributed by atoms with E-state index in [1.165, 1.54) is 11.3 Å². The number of carbonyl (C=O) groups is 1. The predicted octanol–water partition coefficient (Wildman–Crippen LogP) is 4.60. The highest BCUT2D eigenvalue weighted by Gasteiger charge is 2.25. The van der Waals surface area contributed by atoms with Crippen LogP contribution < -0.4 is 9.64 Å². The first-order chi connectivity index (χ1) is 12.4. The molecule has 0 radical (unpaired) electrons. The third-order valence-electron chi connectivity index (χ3n) is 3.94. The number of likely N-dealkylation sites (N-methyl/N-ethyl adjacent to an activating group) is 1. The third-order valence-corrected chi connectivity index (χ3v) is 5.58. The van der Waals surface area contributed by atoms with Gasteiger partial charge in [-0.05, 0) is 60.7 Å². The van der Waals surface area contributed by atoms with Crippen LogP contribution in [0.25, 0.3) is 10.2 Å². The molecule has 1 aromatic carbocycles. The van der Waals surface area contributed by atoms with E-state index in [1.807, 2.05) is 38.1 Å². The van der Waals surface area contributed by atoms with E-state index in [0.29, 0.717) is 28.6 Å². The fourth-order valence-corrected chi connectivity index (χ4v) is 3.91. The van der Waals surface area contributed by atoms with Crippen molar-refractivity contribution in [3.8, 4) is 5.75 Å². The molecular formula is C18H21BrClN3O3S. The average Bonchev–Trinajstić information content (AvgIpc) is 3.22. The van der Waals surface area contributed by atoms with Crippen LogP contribution >= 0.6 is 39.7 Å². The second-order valence-corrected chi connectivity index (χ2v) is 7.88. The number of rotatable bonds is 6. The minimum atomic E-state index is -0.215. The number of halogens is 2. The van der Waals surface area contributed by atoms with Crippen molar-refractivity contribution in [2.24, 2.45) is 0 Å². The van der Waals surface area contributed by atoms with Crippen molar-refractivity contribution in [3.05, 3.63) is 40.3 Å². The summed E-state index contributed by atoms with van der Waals surface area (Å²) in [6.07, 6.45) is 0. The molecule has 0 aliphatic rings. The van der Waals surface area contributed by atoms with Gasteiger partial charge in [0, 0.05) is 13.1 Å². The fourth-order valence-electron chi connectivity index (χ4n) is 2.52. The first-order valence-electron chi connectivity index (χ1n) is 8.06. The van der Waals surface area contributed by atoms with E-state index in [2.05, 4.69) is 15.9 Å². The molecule has 27 heavy (non-hydrogen) atoms. The zero-order valence-corrected chi connectivity index (χ0v) is 18.7. The Morgan fingerprint density at radius 2 is 2.00 bits per heavy atom. The normalized spacial score (nSPS) is 10.9. The molecule has 0 saturated heterocycles. The molecule has 0 bridgehead atoms. The minimum Gasteiger partial charge on any atom is -0.494 e. The molecule has 3 rings (SSSR count). The lowest BCUT2D eigenvalue weighted by molar-refractivity contribution is 0.0957. The molecule has 0 N–H and O–H groups in total. The van der Waals surface area contributed by atoms with E-state index in [0.717, 1.165) is 15.8 Å². The maximum Gasteiger partial charge on any atom is 0.295 e. The first kappa shape index (κ1) is 21.7. The van der Waals surface area contributed by atoms with Crippen LogP contribution in [0.5, 0.6) is 5.75 Å². The fraction of sp³-hybridized carbons (Fsp3) is 0.333. The number of anilines is 1. The van der Waals surface area contributed by atoms with Crippen LogP contribution in [0.3, 0.4) is 0 Å². The van der Waals surface area contributed by atoms with Crippen molar-refractivity contribution in [2.45, 2.75) is 6.92 Å². The van der Waals surface area contributed by atoms with Crippen LogP contribution in [0.4, 0.5) is 5.13 Å². The summed E-state index contributed by atoms with van der Waals surface area (Å²) in [6, 6.07) is 7.27. The van der Waals surface area contributed by atoms with Crippen LogP contribution in [0.1, 0.15) is 16.1 Å². The van der Waals surface area contributed by atoms with Crippen molar-refractivity contribution < 1.29 is 13.9 Å². The van der Waals surface area contributed by atoms with Gasteiger partial charge < -0.3 is 14.1 Å². The monoisotopic (exact) mass is 473 g/mol. The van der Waals surface area contributed by atoms with E-state index in [-0.39, 0.29) is 24.1 Å². The number of hydrogen-bond donors (Lipinski definition) is 0. The number of benzene rings is 1. The lowest BCUT2D eigenvalue weighted by Crippen LogP contribution is -2.36. The molecule has 0 aliphatic carbocycles. The Kier molecular flexibility index (Phi) is 7.27. The molecule has 6 nitrogen and oxygen atoms in total. The van der Waals surface area contributed by atoms with Gasteiger partial charge in [-0.2, -0.15) is 0 Å². The molecule has 1 amide bonds. The summed E-state index contributed by atoms with van der Waals surface area (Å²) in [6.45, 7) is 3.24. The molecule has 0 atom stereocenters. The number of ether oxygens (including phenoxy) is 1. The van der Waals surface area contributed by atoms with E-state index in [4.69, 9.17) is 14.1 Å². The summed E-state index contributed by atoms with van der Waals surface area (Å²) in [5.41, 5.74) is 1.88. The highest BCUT2D eigenvalue weighted by Crippen LogP contribution is 2.36. The van der Waals surface area contributed by atoms with Gasteiger partial charge >= 0.3 is 0 Å².